The van der Waals surface area contributed by atoms with Crippen LogP contribution in [0.15, 0.2) is 18.2 Å². The minimum absolute atomic E-state index is 0.751. The van der Waals surface area contributed by atoms with Gasteiger partial charge in [-0.1, -0.05) is 18.2 Å². The number of hydrogen-bond donors (Lipinski definition) is 1. The van der Waals surface area contributed by atoms with E-state index in [1.165, 1.54) is 16.7 Å². The average Bonchev–Trinajstić information content (AvgIpc) is 2.62. The van der Waals surface area contributed by atoms with E-state index >= 15 is 0 Å². The Balaban J connectivity index is 2.20. The van der Waals surface area contributed by atoms with E-state index in [-0.39, 0.29) is 0 Å². The predicted molar refractivity (Wildman–Crippen MR) is 52.3 cm³/mol. The highest BCUT2D eigenvalue weighted by Crippen LogP contribution is 2.20. The van der Waals surface area contributed by atoms with Crippen molar-refractivity contribution in [1.82, 2.24) is 5.32 Å². The Labute approximate surface area is 78.9 Å². The molecule has 2 rings (SSSR count). The number of benzene rings is 1. The molecular weight excluding hydrogens is 162 g/mol. The van der Waals surface area contributed by atoms with E-state index in [0.29, 0.717) is 0 Å². The maximum Gasteiger partial charge on any atom is 0.0719 e. The monoisotopic (exact) mass is 177 g/mol. The SMILES string of the molecule is CCOCc1cccc2c1CNC2. The lowest BCUT2D eigenvalue weighted by Crippen LogP contribution is -2.01. The zero-order chi connectivity index (χ0) is 9.10. The summed E-state index contributed by atoms with van der Waals surface area (Å²) in [5, 5.41) is 3.35. The van der Waals surface area contributed by atoms with Crippen molar-refractivity contribution in [3.63, 3.8) is 0 Å². The van der Waals surface area contributed by atoms with Gasteiger partial charge in [-0.05, 0) is 23.6 Å². The van der Waals surface area contributed by atoms with E-state index in [0.717, 1.165) is 26.3 Å². The fraction of sp³-hybridized carbons (Fsp3) is 0.455. The topological polar surface area (TPSA) is 21.3 Å². The van der Waals surface area contributed by atoms with Crippen molar-refractivity contribution in [2.24, 2.45) is 0 Å². The fourth-order valence-electron chi connectivity index (χ4n) is 1.75. The van der Waals surface area contributed by atoms with Crippen LogP contribution >= 0.6 is 0 Å². The van der Waals surface area contributed by atoms with Gasteiger partial charge in [-0.2, -0.15) is 0 Å². The van der Waals surface area contributed by atoms with Gasteiger partial charge in [-0.25, -0.2) is 0 Å². The number of rotatable bonds is 3. The smallest absolute Gasteiger partial charge is 0.0719 e. The molecule has 0 radical (unpaired) electrons. The Kier molecular flexibility index (Phi) is 2.62. The van der Waals surface area contributed by atoms with Crippen LogP contribution in [0.4, 0.5) is 0 Å². The zero-order valence-corrected chi connectivity index (χ0v) is 7.97. The molecule has 0 atom stereocenters. The summed E-state index contributed by atoms with van der Waals surface area (Å²) < 4.78 is 5.42. The minimum Gasteiger partial charge on any atom is -0.377 e. The summed E-state index contributed by atoms with van der Waals surface area (Å²) in [6.07, 6.45) is 0. The molecule has 0 fully saturated rings. The summed E-state index contributed by atoms with van der Waals surface area (Å²) in [4.78, 5) is 0. The second kappa shape index (κ2) is 3.90. The van der Waals surface area contributed by atoms with Gasteiger partial charge in [0.25, 0.3) is 0 Å². The Morgan fingerprint density at radius 2 is 2.31 bits per heavy atom. The second-order valence-electron chi connectivity index (χ2n) is 3.30. The first-order chi connectivity index (χ1) is 6.42. The number of fused-ring (bicyclic) bond motifs is 1. The highest BCUT2D eigenvalue weighted by atomic mass is 16.5. The van der Waals surface area contributed by atoms with E-state index < -0.39 is 0 Å². The molecule has 2 heteroatoms. The van der Waals surface area contributed by atoms with Gasteiger partial charge in [-0.3, -0.25) is 0 Å². The summed E-state index contributed by atoms with van der Waals surface area (Å²) >= 11 is 0. The predicted octanol–water partition coefficient (Wildman–Crippen LogP) is 1.83. The third-order valence-electron chi connectivity index (χ3n) is 2.45. The van der Waals surface area contributed by atoms with Gasteiger partial charge in [0.2, 0.25) is 0 Å². The van der Waals surface area contributed by atoms with Gasteiger partial charge in [0.1, 0.15) is 0 Å². The van der Waals surface area contributed by atoms with E-state index in [1.807, 2.05) is 6.92 Å². The first-order valence-corrected chi connectivity index (χ1v) is 4.80. The summed E-state index contributed by atoms with van der Waals surface area (Å²) in [6.45, 7) is 5.58. The molecule has 0 aliphatic carbocycles. The molecule has 1 aliphatic rings. The molecule has 0 spiro atoms. The molecule has 1 N–H and O–H groups in total. The van der Waals surface area contributed by atoms with Gasteiger partial charge in [0.15, 0.2) is 0 Å². The Bertz CT molecular complexity index is 296. The third kappa shape index (κ3) is 1.74. The van der Waals surface area contributed by atoms with Crippen molar-refractivity contribution in [3.05, 3.63) is 34.9 Å². The molecule has 2 nitrogen and oxygen atoms in total. The molecule has 1 aromatic rings. The molecule has 0 bridgehead atoms. The van der Waals surface area contributed by atoms with Crippen molar-refractivity contribution >= 4 is 0 Å². The lowest BCUT2D eigenvalue weighted by atomic mass is 10.0. The standard InChI is InChI=1S/C11H15NO/c1-2-13-8-10-5-3-4-9-6-12-7-11(9)10/h3-5,12H,2,6-8H2,1H3. The Hall–Kier alpha value is -0.860. The van der Waals surface area contributed by atoms with Crippen LogP contribution in [0.25, 0.3) is 0 Å². The van der Waals surface area contributed by atoms with E-state index in [2.05, 4.69) is 23.5 Å². The maximum absolute atomic E-state index is 5.42. The molecule has 0 aromatic heterocycles. The fourth-order valence-corrected chi connectivity index (χ4v) is 1.75. The maximum atomic E-state index is 5.42. The summed E-state index contributed by atoms with van der Waals surface area (Å²) in [7, 11) is 0. The van der Waals surface area contributed by atoms with Gasteiger partial charge in [0.05, 0.1) is 6.61 Å². The summed E-state index contributed by atoms with van der Waals surface area (Å²) in [5.41, 5.74) is 4.21. The highest BCUT2D eigenvalue weighted by molar-refractivity contribution is 5.37. The van der Waals surface area contributed by atoms with Crippen LogP contribution in [0.3, 0.4) is 0 Å². The van der Waals surface area contributed by atoms with Gasteiger partial charge >= 0.3 is 0 Å². The minimum atomic E-state index is 0.751. The lowest BCUT2D eigenvalue weighted by Gasteiger charge is -2.06. The number of nitrogens with one attached hydrogen (secondary N) is 1. The molecular formula is C11H15NO. The normalized spacial score (nSPS) is 14.5. The molecule has 1 aromatic carbocycles. The Morgan fingerprint density at radius 3 is 3.15 bits per heavy atom. The van der Waals surface area contributed by atoms with E-state index in [1.54, 1.807) is 0 Å². The largest absolute Gasteiger partial charge is 0.377 e. The first-order valence-electron chi connectivity index (χ1n) is 4.80. The van der Waals surface area contributed by atoms with Crippen molar-refractivity contribution < 1.29 is 4.74 Å². The van der Waals surface area contributed by atoms with Crippen LogP contribution < -0.4 is 5.32 Å². The van der Waals surface area contributed by atoms with Crippen LogP contribution in [-0.4, -0.2) is 6.61 Å². The van der Waals surface area contributed by atoms with Crippen LogP contribution in [0.2, 0.25) is 0 Å². The summed E-state index contributed by atoms with van der Waals surface area (Å²) in [5.74, 6) is 0. The van der Waals surface area contributed by atoms with Gasteiger partial charge in [-0.15, -0.1) is 0 Å². The van der Waals surface area contributed by atoms with Crippen LogP contribution in [-0.2, 0) is 24.4 Å². The average molecular weight is 177 g/mol. The lowest BCUT2D eigenvalue weighted by molar-refractivity contribution is 0.133. The van der Waals surface area contributed by atoms with Crippen molar-refractivity contribution in [1.29, 1.82) is 0 Å². The number of hydrogen-bond acceptors (Lipinski definition) is 2. The van der Waals surface area contributed by atoms with Gasteiger partial charge in [0, 0.05) is 19.7 Å². The first kappa shape index (κ1) is 8.73. The molecule has 1 aliphatic heterocycles. The van der Waals surface area contributed by atoms with Crippen LogP contribution in [0.1, 0.15) is 23.6 Å². The van der Waals surface area contributed by atoms with Crippen LogP contribution in [0.5, 0.6) is 0 Å². The van der Waals surface area contributed by atoms with Crippen molar-refractivity contribution in [2.75, 3.05) is 6.61 Å². The van der Waals surface area contributed by atoms with Gasteiger partial charge < -0.3 is 10.1 Å². The highest BCUT2D eigenvalue weighted by Gasteiger charge is 2.12. The molecule has 0 amide bonds. The Morgan fingerprint density at radius 1 is 1.38 bits per heavy atom. The second-order valence-corrected chi connectivity index (χ2v) is 3.30. The molecule has 13 heavy (non-hydrogen) atoms. The van der Waals surface area contributed by atoms with Crippen LogP contribution in [0, 0.1) is 0 Å². The molecule has 0 saturated carbocycles. The van der Waals surface area contributed by atoms with E-state index in [9.17, 15) is 0 Å². The van der Waals surface area contributed by atoms with Crippen molar-refractivity contribution in [3.8, 4) is 0 Å². The summed E-state index contributed by atoms with van der Waals surface area (Å²) in [6, 6.07) is 6.45. The molecule has 0 unspecified atom stereocenters. The van der Waals surface area contributed by atoms with E-state index in [4.69, 9.17) is 4.74 Å². The number of ether oxygens (including phenoxy) is 1. The molecule has 0 saturated heterocycles. The molecule has 70 valence electrons. The quantitative estimate of drug-likeness (QED) is 0.760. The third-order valence-corrected chi connectivity index (χ3v) is 2.45. The molecule has 1 heterocycles. The zero-order valence-electron chi connectivity index (χ0n) is 7.97. The van der Waals surface area contributed by atoms with Crippen molar-refractivity contribution in [2.45, 2.75) is 26.6 Å².